The molecule has 0 unspecified atom stereocenters. The third kappa shape index (κ3) is 3.33. The van der Waals surface area contributed by atoms with Crippen LogP contribution in [0.2, 0.25) is 0 Å². The number of rotatable bonds is 4. The number of aromatic nitrogens is 1. The van der Waals surface area contributed by atoms with E-state index in [0.29, 0.717) is 5.75 Å². The first kappa shape index (κ1) is 14.0. The molecule has 0 saturated carbocycles. The third-order valence-electron chi connectivity index (χ3n) is 2.42. The van der Waals surface area contributed by atoms with Crippen LogP contribution < -0.4 is 4.74 Å². The highest BCUT2D eigenvalue weighted by atomic mass is 32.2. The number of carboxylic acids is 1. The lowest BCUT2D eigenvalue weighted by atomic mass is 10.3. The maximum absolute atomic E-state index is 11.3. The van der Waals surface area contributed by atoms with E-state index < -0.39 is 15.8 Å². The molecule has 0 spiro atoms. The molecule has 20 heavy (non-hydrogen) atoms. The molecule has 0 radical (unpaired) electrons. The third-order valence-corrected chi connectivity index (χ3v) is 3.55. The summed E-state index contributed by atoms with van der Waals surface area (Å²) in [7, 11) is -3.26. The van der Waals surface area contributed by atoms with E-state index in [1.165, 1.54) is 42.5 Å². The van der Waals surface area contributed by atoms with Gasteiger partial charge in [-0.2, -0.15) is 0 Å². The maximum atomic E-state index is 11.3. The van der Waals surface area contributed by atoms with E-state index in [9.17, 15) is 13.2 Å². The fraction of sp³-hybridized carbons (Fsp3) is 0.0769. The Morgan fingerprint density at radius 3 is 2.35 bits per heavy atom. The average molecular weight is 293 g/mol. The number of nitrogens with zero attached hydrogens (tertiary/aromatic N) is 1. The molecule has 2 rings (SSSR count). The van der Waals surface area contributed by atoms with Crippen molar-refractivity contribution in [3.8, 4) is 11.6 Å². The fourth-order valence-electron chi connectivity index (χ4n) is 1.47. The maximum Gasteiger partial charge on any atom is 0.354 e. The number of carboxylic acid groups (broad SMARTS) is 1. The smallest absolute Gasteiger partial charge is 0.354 e. The van der Waals surface area contributed by atoms with Crippen LogP contribution in [0.5, 0.6) is 11.6 Å². The van der Waals surface area contributed by atoms with Crippen molar-refractivity contribution in [1.82, 2.24) is 4.98 Å². The lowest BCUT2D eigenvalue weighted by Gasteiger charge is -2.06. The van der Waals surface area contributed by atoms with Gasteiger partial charge in [0, 0.05) is 12.3 Å². The molecule has 0 atom stereocenters. The Kier molecular flexibility index (Phi) is 3.71. The summed E-state index contributed by atoms with van der Waals surface area (Å²) in [5.74, 6) is -0.660. The predicted octanol–water partition coefficient (Wildman–Crippen LogP) is 1.98. The molecule has 6 nitrogen and oxygen atoms in total. The molecule has 0 amide bonds. The number of pyridine rings is 1. The molecular weight excluding hydrogens is 282 g/mol. The van der Waals surface area contributed by atoms with Crippen LogP contribution in [0.3, 0.4) is 0 Å². The van der Waals surface area contributed by atoms with Crippen molar-refractivity contribution in [3.63, 3.8) is 0 Å². The van der Waals surface area contributed by atoms with E-state index >= 15 is 0 Å². The van der Waals surface area contributed by atoms with Gasteiger partial charge in [0.15, 0.2) is 15.5 Å². The van der Waals surface area contributed by atoms with Gasteiger partial charge in [0.05, 0.1) is 4.90 Å². The van der Waals surface area contributed by atoms with Crippen molar-refractivity contribution in [2.75, 3.05) is 6.26 Å². The summed E-state index contributed by atoms with van der Waals surface area (Å²) >= 11 is 0. The first-order chi connectivity index (χ1) is 9.36. The number of benzene rings is 1. The molecular formula is C13H11NO5S. The fourth-order valence-corrected chi connectivity index (χ4v) is 2.10. The second-order valence-corrected chi connectivity index (χ2v) is 6.03. The zero-order chi connectivity index (χ0) is 14.8. The molecule has 0 fully saturated rings. The van der Waals surface area contributed by atoms with Gasteiger partial charge in [-0.3, -0.25) is 0 Å². The average Bonchev–Trinajstić information content (AvgIpc) is 2.38. The Hall–Kier alpha value is -2.41. The molecule has 1 aromatic heterocycles. The van der Waals surface area contributed by atoms with Gasteiger partial charge >= 0.3 is 5.97 Å². The van der Waals surface area contributed by atoms with E-state index in [1.807, 2.05) is 0 Å². The van der Waals surface area contributed by atoms with E-state index in [2.05, 4.69) is 4.98 Å². The van der Waals surface area contributed by atoms with Crippen molar-refractivity contribution in [2.24, 2.45) is 0 Å². The Labute approximate surface area is 115 Å². The monoisotopic (exact) mass is 293 g/mol. The SMILES string of the molecule is CS(=O)(=O)c1ccc(Oc2cccc(C(=O)O)n2)cc1. The summed E-state index contributed by atoms with van der Waals surface area (Å²) in [4.78, 5) is 14.8. The van der Waals surface area contributed by atoms with Crippen molar-refractivity contribution in [3.05, 3.63) is 48.2 Å². The standard InChI is InChI=1S/C13H11NO5S/c1-20(17,18)10-7-5-9(6-8-10)19-12-4-2-3-11(14-12)13(15)16/h2-8H,1H3,(H,15,16). The molecule has 104 valence electrons. The number of ether oxygens (including phenoxy) is 1. The van der Waals surface area contributed by atoms with E-state index in [-0.39, 0.29) is 16.5 Å². The number of aromatic carboxylic acids is 1. The van der Waals surface area contributed by atoms with Crippen molar-refractivity contribution >= 4 is 15.8 Å². The number of hydrogen-bond acceptors (Lipinski definition) is 5. The first-order valence-electron chi connectivity index (χ1n) is 5.54. The molecule has 0 aliphatic heterocycles. The Balaban J connectivity index is 2.22. The van der Waals surface area contributed by atoms with Gasteiger partial charge in [-0.15, -0.1) is 0 Å². The lowest BCUT2D eigenvalue weighted by molar-refractivity contribution is 0.0689. The Morgan fingerprint density at radius 1 is 1.15 bits per heavy atom. The second kappa shape index (κ2) is 5.30. The summed E-state index contributed by atoms with van der Waals surface area (Å²) < 4.78 is 28.0. The zero-order valence-corrected chi connectivity index (χ0v) is 11.3. The minimum Gasteiger partial charge on any atom is -0.477 e. The quantitative estimate of drug-likeness (QED) is 0.926. The zero-order valence-electron chi connectivity index (χ0n) is 10.5. The summed E-state index contributed by atoms with van der Waals surface area (Å²) in [6.45, 7) is 0. The molecule has 1 N–H and O–H groups in total. The molecule has 1 aromatic carbocycles. The van der Waals surface area contributed by atoms with E-state index in [4.69, 9.17) is 9.84 Å². The number of sulfone groups is 1. The number of hydrogen-bond donors (Lipinski definition) is 1. The number of carbonyl (C=O) groups is 1. The molecule has 7 heteroatoms. The highest BCUT2D eigenvalue weighted by Crippen LogP contribution is 2.21. The van der Waals surface area contributed by atoms with Crippen LogP contribution in [0, 0.1) is 0 Å². The van der Waals surface area contributed by atoms with Crippen LogP contribution in [0.15, 0.2) is 47.4 Å². The summed E-state index contributed by atoms with van der Waals surface area (Å²) in [5.41, 5.74) is -0.129. The van der Waals surface area contributed by atoms with Crippen LogP contribution in [-0.2, 0) is 9.84 Å². The molecule has 1 heterocycles. The van der Waals surface area contributed by atoms with Gasteiger partial charge in [-0.1, -0.05) is 6.07 Å². The van der Waals surface area contributed by atoms with Gasteiger partial charge in [-0.05, 0) is 30.3 Å². The Bertz CT molecular complexity index is 738. The van der Waals surface area contributed by atoms with Crippen molar-refractivity contribution in [1.29, 1.82) is 0 Å². The second-order valence-electron chi connectivity index (χ2n) is 4.01. The van der Waals surface area contributed by atoms with E-state index in [1.54, 1.807) is 0 Å². The van der Waals surface area contributed by atoms with Crippen LogP contribution in [0.25, 0.3) is 0 Å². The molecule has 2 aromatic rings. The molecule has 0 aliphatic rings. The summed E-state index contributed by atoms with van der Waals surface area (Å²) in [6.07, 6.45) is 1.11. The van der Waals surface area contributed by atoms with Crippen LogP contribution in [0.1, 0.15) is 10.5 Å². The van der Waals surface area contributed by atoms with Crippen molar-refractivity contribution < 1.29 is 23.1 Å². The van der Waals surface area contributed by atoms with Gasteiger partial charge in [-0.25, -0.2) is 18.2 Å². The molecule has 0 aliphatic carbocycles. The normalized spacial score (nSPS) is 11.1. The molecule has 0 saturated heterocycles. The minimum atomic E-state index is -3.26. The van der Waals surface area contributed by atoms with Gasteiger partial charge in [0.2, 0.25) is 5.88 Å². The minimum absolute atomic E-state index is 0.122. The summed E-state index contributed by atoms with van der Waals surface area (Å²) in [6, 6.07) is 10.1. The van der Waals surface area contributed by atoms with E-state index in [0.717, 1.165) is 6.26 Å². The van der Waals surface area contributed by atoms with Crippen LogP contribution in [0.4, 0.5) is 0 Å². The summed E-state index contributed by atoms with van der Waals surface area (Å²) in [5, 5.41) is 8.82. The van der Waals surface area contributed by atoms with Crippen LogP contribution in [-0.4, -0.2) is 30.7 Å². The van der Waals surface area contributed by atoms with Gasteiger partial charge < -0.3 is 9.84 Å². The first-order valence-corrected chi connectivity index (χ1v) is 7.44. The topological polar surface area (TPSA) is 93.6 Å². The van der Waals surface area contributed by atoms with Crippen molar-refractivity contribution in [2.45, 2.75) is 4.90 Å². The lowest BCUT2D eigenvalue weighted by Crippen LogP contribution is -2.01. The molecule has 0 bridgehead atoms. The van der Waals surface area contributed by atoms with Gasteiger partial charge in [0.25, 0.3) is 0 Å². The van der Waals surface area contributed by atoms with Crippen LogP contribution >= 0.6 is 0 Å². The highest BCUT2D eigenvalue weighted by Gasteiger charge is 2.09. The largest absolute Gasteiger partial charge is 0.477 e. The Morgan fingerprint density at radius 2 is 1.80 bits per heavy atom. The van der Waals surface area contributed by atoms with Gasteiger partial charge in [0.1, 0.15) is 5.75 Å². The highest BCUT2D eigenvalue weighted by molar-refractivity contribution is 7.90. The predicted molar refractivity (Wildman–Crippen MR) is 70.8 cm³/mol.